The van der Waals surface area contributed by atoms with Crippen molar-refractivity contribution >= 4 is 0 Å². The van der Waals surface area contributed by atoms with Crippen molar-refractivity contribution in [1.82, 2.24) is 9.88 Å². The minimum absolute atomic E-state index is 0.232. The monoisotopic (exact) mass is 366 g/mol. The van der Waals surface area contributed by atoms with Crippen molar-refractivity contribution in [3.05, 3.63) is 58.9 Å². The van der Waals surface area contributed by atoms with Gasteiger partial charge in [0, 0.05) is 43.2 Å². The molecule has 27 heavy (non-hydrogen) atoms. The summed E-state index contributed by atoms with van der Waals surface area (Å²) in [7, 11) is 1.75. The van der Waals surface area contributed by atoms with Crippen LogP contribution in [0.5, 0.6) is 5.75 Å². The number of nitrogens with zero attached hydrogens (tertiary/aromatic N) is 2. The second-order valence-electron chi connectivity index (χ2n) is 8.33. The predicted octanol–water partition coefficient (Wildman–Crippen LogP) is 3.83. The minimum Gasteiger partial charge on any atom is -0.496 e. The zero-order valence-electron chi connectivity index (χ0n) is 16.6. The van der Waals surface area contributed by atoms with E-state index in [2.05, 4.69) is 41.1 Å². The molecular weight excluding hydrogens is 336 g/mol. The average molecular weight is 367 g/mol. The zero-order chi connectivity index (χ0) is 19.0. The van der Waals surface area contributed by atoms with Crippen molar-refractivity contribution in [2.24, 2.45) is 11.8 Å². The molecule has 2 unspecified atom stereocenters. The standard InChI is InChI=1S/C23H30N2O2/c1-16-10-11-21(24-12-16)23(26)19-8-5-9-20(23)15-25(14-19)13-18-7-4-6-17(2)22(18)27-3/h4,6-7,10-12,19-20,26H,5,8-9,13-15H2,1-3H3. The first-order chi connectivity index (χ1) is 13.0. The molecule has 2 atom stereocenters. The Morgan fingerprint density at radius 1 is 1.15 bits per heavy atom. The summed E-state index contributed by atoms with van der Waals surface area (Å²) >= 11 is 0. The molecule has 0 amide bonds. The number of pyridine rings is 1. The van der Waals surface area contributed by atoms with Gasteiger partial charge in [-0.05, 0) is 43.9 Å². The molecule has 1 aromatic heterocycles. The fourth-order valence-corrected chi connectivity index (χ4v) is 5.17. The smallest absolute Gasteiger partial charge is 0.126 e. The molecule has 2 aliphatic rings. The average Bonchev–Trinajstić information content (AvgIpc) is 2.63. The molecule has 1 aliphatic heterocycles. The summed E-state index contributed by atoms with van der Waals surface area (Å²) in [6.07, 6.45) is 5.20. The summed E-state index contributed by atoms with van der Waals surface area (Å²) in [4.78, 5) is 7.11. The van der Waals surface area contributed by atoms with Crippen LogP contribution in [-0.2, 0) is 12.1 Å². The van der Waals surface area contributed by atoms with Crippen LogP contribution in [0.25, 0.3) is 0 Å². The molecule has 2 heterocycles. The molecule has 0 radical (unpaired) electrons. The van der Waals surface area contributed by atoms with Gasteiger partial charge in [-0.15, -0.1) is 0 Å². The number of methoxy groups -OCH3 is 1. The Balaban J connectivity index is 1.58. The SMILES string of the molecule is COc1c(C)cccc1CN1CC2CCCC(C1)C2(O)c1ccc(C)cn1. The van der Waals surface area contributed by atoms with Gasteiger partial charge in [-0.25, -0.2) is 0 Å². The number of fused-ring (bicyclic) bond motifs is 2. The number of aliphatic hydroxyl groups is 1. The molecule has 144 valence electrons. The van der Waals surface area contributed by atoms with Gasteiger partial charge in [0.2, 0.25) is 0 Å². The molecule has 1 aliphatic carbocycles. The summed E-state index contributed by atoms with van der Waals surface area (Å²) < 4.78 is 5.65. The minimum atomic E-state index is -0.793. The number of hydrogen-bond acceptors (Lipinski definition) is 4. The van der Waals surface area contributed by atoms with E-state index in [9.17, 15) is 5.11 Å². The third-order valence-electron chi connectivity index (χ3n) is 6.52. The molecule has 1 saturated carbocycles. The maximum atomic E-state index is 11.7. The number of benzene rings is 1. The van der Waals surface area contributed by atoms with Gasteiger partial charge in [-0.2, -0.15) is 0 Å². The van der Waals surface area contributed by atoms with E-state index in [0.29, 0.717) is 0 Å². The zero-order valence-corrected chi connectivity index (χ0v) is 16.6. The first kappa shape index (κ1) is 18.5. The summed E-state index contributed by atoms with van der Waals surface area (Å²) in [5.41, 5.74) is 3.60. The summed E-state index contributed by atoms with van der Waals surface area (Å²) in [6, 6.07) is 10.4. The molecule has 0 spiro atoms. The largest absolute Gasteiger partial charge is 0.496 e. The normalized spacial score (nSPS) is 28.1. The fraction of sp³-hybridized carbons (Fsp3) is 0.522. The first-order valence-corrected chi connectivity index (χ1v) is 10.0. The van der Waals surface area contributed by atoms with Gasteiger partial charge in [0.15, 0.2) is 0 Å². The highest BCUT2D eigenvalue weighted by Crippen LogP contribution is 2.49. The number of rotatable bonds is 4. The van der Waals surface area contributed by atoms with Crippen molar-refractivity contribution in [3.8, 4) is 5.75 Å². The lowest BCUT2D eigenvalue weighted by Crippen LogP contribution is -2.58. The third-order valence-corrected chi connectivity index (χ3v) is 6.52. The second-order valence-corrected chi connectivity index (χ2v) is 8.33. The summed E-state index contributed by atoms with van der Waals surface area (Å²) in [6.45, 7) is 6.81. The van der Waals surface area contributed by atoms with Gasteiger partial charge >= 0.3 is 0 Å². The third kappa shape index (κ3) is 3.26. The molecule has 4 rings (SSSR count). The van der Waals surface area contributed by atoms with Gasteiger partial charge in [0.1, 0.15) is 11.4 Å². The highest BCUT2D eigenvalue weighted by molar-refractivity contribution is 5.40. The van der Waals surface area contributed by atoms with Crippen molar-refractivity contribution in [1.29, 1.82) is 0 Å². The number of aromatic nitrogens is 1. The Hall–Kier alpha value is -1.91. The van der Waals surface area contributed by atoms with E-state index in [0.717, 1.165) is 49.5 Å². The van der Waals surface area contributed by atoms with Crippen LogP contribution in [0.3, 0.4) is 0 Å². The lowest BCUT2D eigenvalue weighted by atomic mass is 9.64. The highest BCUT2D eigenvalue weighted by atomic mass is 16.5. The maximum Gasteiger partial charge on any atom is 0.126 e. The van der Waals surface area contributed by atoms with Crippen molar-refractivity contribution in [2.75, 3.05) is 20.2 Å². The number of hydrogen-bond donors (Lipinski definition) is 1. The number of likely N-dealkylation sites (tertiary alicyclic amines) is 1. The molecule has 2 aromatic rings. The molecule has 2 bridgehead atoms. The highest BCUT2D eigenvalue weighted by Gasteiger charge is 2.52. The molecule has 4 heteroatoms. The predicted molar refractivity (Wildman–Crippen MR) is 107 cm³/mol. The van der Waals surface area contributed by atoms with Crippen molar-refractivity contribution in [3.63, 3.8) is 0 Å². The van der Waals surface area contributed by atoms with E-state index in [-0.39, 0.29) is 11.8 Å². The van der Waals surface area contributed by atoms with E-state index in [1.54, 1.807) is 7.11 Å². The van der Waals surface area contributed by atoms with Crippen molar-refractivity contribution in [2.45, 2.75) is 45.3 Å². The van der Waals surface area contributed by atoms with Gasteiger partial charge < -0.3 is 9.84 Å². The van der Waals surface area contributed by atoms with E-state index < -0.39 is 5.60 Å². The van der Waals surface area contributed by atoms with E-state index in [4.69, 9.17) is 4.74 Å². The summed E-state index contributed by atoms with van der Waals surface area (Å²) in [5.74, 6) is 1.45. The number of ether oxygens (including phenoxy) is 1. The molecule has 1 N–H and O–H groups in total. The molecular formula is C23H30N2O2. The van der Waals surface area contributed by atoms with Crippen LogP contribution in [0, 0.1) is 25.7 Å². The molecule has 1 aromatic carbocycles. The number of para-hydroxylation sites is 1. The van der Waals surface area contributed by atoms with Crippen LogP contribution >= 0.6 is 0 Å². The lowest BCUT2D eigenvalue weighted by Gasteiger charge is -2.52. The Labute approximate surface area is 162 Å². The summed E-state index contributed by atoms with van der Waals surface area (Å²) in [5, 5.41) is 11.7. The molecule has 1 saturated heterocycles. The van der Waals surface area contributed by atoms with Crippen molar-refractivity contribution < 1.29 is 9.84 Å². The van der Waals surface area contributed by atoms with Crippen LogP contribution in [-0.4, -0.2) is 35.2 Å². The Bertz CT molecular complexity index is 789. The van der Waals surface area contributed by atoms with E-state index in [1.165, 1.54) is 17.5 Å². The van der Waals surface area contributed by atoms with Gasteiger partial charge in [-0.1, -0.05) is 30.7 Å². The van der Waals surface area contributed by atoms with Gasteiger partial charge in [-0.3, -0.25) is 9.88 Å². The van der Waals surface area contributed by atoms with E-state index >= 15 is 0 Å². The quantitative estimate of drug-likeness (QED) is 0.893. The lowest BCUT2D eigenvalue weighted by molar-refractivity contribution is -0.151. The first-order valence-electron chi connectivity index (χ1n) is 10.0. The van der Waals surface area contributed by atoms with Crippen LogP contribution in [0.15, 0.2) is 36.5 Å². The number of aryl methyl sites for hydroxylation is 2. The van der Waals surface area contributed by atoms with Crippen LogP contribution in [0.1, 0.15) is 41.6 Å². The molecule has 2 fully saturated rings. The molecule has 4 nitrogen and oxygen atoms in total. The van der Waals surface area contributed by atoms with Crippen LogP contribution in [0.2, 0.25) is 0 Å². The topological polar surface area (TPSA) is 45.6 Å². The fourth-order valence-electron chi connectivity index (χ4n) is 5.17. The number of piperidine rings is 1. The van der Waals surface area contributed by atoms with Crippen LogP contribution < -0.4 is 4.74 Å². The Kier molecular flexibility index (Phi) is 4.95. The van der Waals surface area contributed by atoms with Crippen LogP contribution in [0.4, 0.5) is 0 Å². The van der Waals surface area contributed by atoms with Gasteiger partial charge in [0.05, 0.1) is 12.8 Å². The Morgan fingerprint density at radius 2 is 1.89 bits per heavy atom. The van der Waals surface area contributed by atoms with Gasteiger partial charge in [0.25, 0.3) is 0 Å². The second kappa shape index (κ2) is 7.25. The Morgan fingerprint density at radius 3 is 2.52 bits per heavy atom. The maximum absolute atomic E-state index is 11.7. The van der Waals surface area contributed by atoms with E-state index in [1.807, 2.05) is 19.2 Å².